The summed E-state index contributed by atoms with van der Waals surface area (Å²) in [6.07, 6.45) is -0.299. The van der Waals surface area contributed by atoms with Crippen molar-refractivity contribution in [3.63, 3.8) is 0 Å². The van der Waals surface area contributed by atoms with E-state index in [9.17, 15) is 14.7 Å². The van der Waals surface area contributed by atoms with Gasteiger partial charge in [-0.05, 0) is 65.6 Å². The minimum absolute atomic E-state index is 0.0375. The van der Waals surface area contributed by atoms with E-state index >= 15 is 0 Å². The Morgan fingerprint density at radius 2 is 1.79 bits per heavy atom. The maximum atomic E-state index is 13.6. The third-order valence-corrected chi connectivity index (χ3v) is 7.64. The number of aryl methyl sites for hydroxylation is 2. The third-order valence-electron chi connectivity index (χ3n) is 6.28. The van der Waals surface area contributed by atoms with Gasteiger partial charge in [-0.3, -0.25) is 9.59 Å². The van der Waals surface area contributed by atoms with Crippen molar-refractivity contribution in [2.45, 2.75) is 58.6 Å². The van der Waals surface area contributed by atoms with Crippen molar-refractivity contribution in [3.8, 4) is 0 Å². The fraction of sp³-hybridized carbons (Fsp3) is 0.333. The predicted molar refractivity (Wildman–Crippen MR) is 137 cm³/mol. The number of Topliss-reactive ketones (excluding diaryl/α,β-unsaturated/α-hetero) is 1. The molecule has 2 aromatic carbocycles. The molecule has 0 saturated heterocycles. The molecule has 0 aliphatic carbocycles. The summed E-state index contributed by atoms with van der Waals surface area (Å²) in [5, 5.41) is 13.7. The molecule has 1 aliphatic rings. The zero-order valence-electron chi connectivity index (χ0n) is 19.5. The van der Waals surface area contributed by atoms with Crippen LogP contribution in [0.25, 0.3) is 0 Å². The van der Waals surface area contributed by atoms with Gasteiger partial charge in [-0.2, -0.15) is 0 Å². The fourth-order valence-corrected chi connectivity index (χ4v) is 5.62. The lowest BCUT2D eigenvalue weighted by molar-refractivity contribution is -0.136. The second-order valence-electron chi connectivity index (χ2n) is 9.83. The summed E-state index contributed by atoms with van der Waals surface area (Å²) in [6, 6.07) is 13.4. The Balaban J connectivity index is 1.72. The Labute approximate surface area is 207 Å². The average molecular weight is 526 g/mol. The summed E-state index contributed by atoms with van der Waals surface area (Å²) in [5.41, 5.74) is 2.63. The Morgan fingerprint density at radius 1 is 1.12 bits per heavy atom. The molecule has 1 unspecified atom stereocenters. The van der Waals surface area contributed by atoms with Gasteiger partial charge in [-0.1, -0.05) is 54.9 Å². The van der Waals surface area contributed by atoms with Crippen LogP contribution in [0.15, 0.2) is 52.3 Å². The van der Waals surface area contributed by atoms with E-state index in [0.717, 1.165) is 26.0 Å². The number of thiophene rings is 1. The molecule has 1 N–H and O–H groups in total. The van der Waals surface area contributed by atoms with Gasteiger partial charge in [-0.25, -0.2) is 0 Å². The summed E-state index contributed by atoms with van der Waals surface area (Å²) < 4.78 is 0.750. The number of fused-ring (bicyclic) bond motifs is 1. The van der Waals surface area contributed by atoms with Crippen LogP contribution in [0.2, 0.25) is 0 Å². The van der Waals surface area contributed by atoms with Crippen molar-refractivity contribution >= 4 is 44.6 Å². The average Bonchev–Trinajstić information content (AvgIpc) is 3.29. The lowest BCUT2D eigenvalue weighted by Gasteiger charge is -2.25. The molecule has 1 aliphatic heterocycles. The van der Waals surface area contributed by atoms with Crippen molar-refractivity contribution in [3.05, 3.63) is 85.0 Å². The number of ketones is 1. The maximum Gasteiger partial charge on any atom is 0.264 e. The summed E-state index contributed by atoms with van der Waals surface area (Å²) in [4.78, 5) is 29.7. The van der Waals surface area contributed by atoms with Gasteiger partial charge >= 0.3 is 0 Å². The van der Waals surface area contributed by atoms with Crippen LogP contribution in [-0.2, 0) is 22.4 Å². The summed E-state index contributed by atoms with van der Waals surface area (Å²) in [7, 11) is 0. The highest BCUT2D eigenvalue weighted by molar-refractivity contribution is 9.10. The molecule has 1 atom stereocenters. The molecule has 6 heteroatoms. The molecular formula is C27H28BrNO3S. The zero-order chi connectivity index (χ0) is 24.1. The highest BCUT2D eigenvalue weighted by Crippen LogP contribution is 2.45. The molecular weight excluding hydrogens is 498 g/mol. The summed E-state index contributed by atoms with van der Waals surface area (Å²) in [5.74, 6) is -0.691. The van der Waals surface area contributed by atoms with E-state index in [1.807, 2.05) is 55.6 Å². The molecule has 0 saturated carbocycles. The lowest BCUT2D eigenvalue weighted by Crippen LogP contribution is -2.41. The number of amides is 1. The molecule has 1 amide bonds. The third kappa shape index (κ3) is 4.32. The molecule has 3 aromatic rings. The standard InChI is InChI=1S/C27H28BrNO3S/c1-16-11-18(26(3,4)5)12-17(2)24(16)23(30)14-27(32)21-13-19(28)8-9-22(21)29(25(27)31)15-20-7-6-10-33-20/h6-13,32H,14-15H2,1-5H3. The van der Waals surface area contributed by atoms with Crippen molar-refractivity contribution in [1.29, 1.82) is 0 Å². The molecule has 33 heavy (non-hydrogen) atoms. The monoisotopic (exact) mass is 525 g/mol. The number of hydrogen-bond acceptors (Lipinski definition) is 4. The highest BCUT2D eigenvalue weighted by Gasteiger charge is 2.51. The predicted octanol–water partition coefficient (Wildman–Crippen LogP) is 6.43. The summed E-state index contributed by atoms with van der Waals surface area (Å²) in [6.45, 7) is 10.6. The molecule has 4 nitrogen and oxygen atoms in total. The van der Waals surface area contributed by atoms with Crippen molar-refractivity contribution in [2.75, 3.05) is 4.90 Å². The number of nitrogens with zero attached hydrogens (tertiary/aromatic N) is 1. The van der Waals surface area contributed by atoms with Crippen LogP contribution in [-0.4, -0.2) is 16.8 Å². The van der Waals surface area contributed by atoms with Gasteiger partial charge in [-0.15, -0.1) is 11.3 Å². The molecule has 0 radical (unpaired) electrons. The number of aliphatic hydroxyl groups is 1. The quantitative estimate of drug-likeness (QED) is 0.390. The van der Waals surface area contributed by atoms with Crippen molar-refractivity contribution in [1.82, 2.24) is 0 Å². The van der Waals surface area contributed by atoms with Gasteiger partial charge in [0.1, 0.15) is 0 Å². The topological polar surface area (TPSA) is 57.6 Å². The highest BCUT2D eigenvalue weighted by atomic mass is 79.9. The van der Waals surface area contributed by atoms with Gasteiger partial charge < -0.3 is 10.0 Å². The van der Waals surface area contributed by atoms with Gasteiger partial charge in [0.2, 0.25) is 0 Å². The SMILES string of the molecule is Cc1cc(C(C)(C)C)cc(C)c1C(=O)CC1(O)C(=O)N(Cc2cccs2)c2ccc(Br)cc21. The Bertz CT molecular complexity index is 1220. The minimum atomic E-state index is -1.91. The van der Waals surface area contributed by atoms with E-state index in [4.69, 9.17) is 0 Å². The van der Waals surface area contributed by atoms with Gasteiger partial charge in [0.25, 0.3) is 5.91 Å². The number of hydrogen-bond donors (Lipinski definition) is 1. The number of carbonyl (C=O) groups is 2. The van der Waals surface area contributed by atoms with E-state index in [1.165, 1.54) is 0 Å². The molecule has 0 fully saturated rings. The van der Waals surface area contributed by atoms with Crippen LogP contribution < -0.4 is 4.90 Å². The first-order valence-corrected chi connectivity index (χ1v) is 12.6. The van der Waals surface area contributed by atoms with Crippen LogP contribution in [0.5, 0.6) is 0 Å². The van der Waals surface area contributed by atoms with Crippen LogP contribution in [0.1, 0.15) is 64.7 Å². The molecule has 2 heterocycles. The normalized spacial score (nSPS) is 18.0. The molecule has 0 spiro atoms. The van der Waals surface area contributed by atoms with E-state index in [2.05, 4.69) is 36.7 Å². The van der Waals surface area contributed by atoms with Gasteiger partial charge in [0, 0.05) is 20.5 Å². The fourth-order valence-electron chi connectivity index (χ4n) is 4.57. The second-order valence-corrected chi connectivity index (χ2v) is 11.8. The number of carbonyl (C=O) groups excluding carboxylic acids is 2. The first-order valence-electron chi connectivity index (χ1n) is 10.9. The maximum absolute atomic E-state index is 13.6. The first kappa shape index (κ1) is 23.9. The van der Waals surface area contributed by atoms with Crippen molar-refractivity contribution < 1.29 is 14.7 Å². The summed E-state index contributed by atoms with van der Waals surface area (Å²) >= 11 is 5.01. The van der Waals surface area contributed by atoms with Crippen LogP contribution in [0, 0.1) is 13.8 Å². The minimum Gasteiger partial charge on any atom is -0.375 e. The smallest absolute Gasteiger partial charge is 0.264 e. The van der Waals surface area contributed by atoms with E-state index in [0.29, 0.717) is 23.4 Å². The molecule has 0 bridgehead atoms. The number of anilines is 1. The first-order chi connectivity index (χ1) is 15.4. The molecule has 172 valence electrons. The lowest BCUT2D eigenvalue weighted by atomic mass is 9.81. The van der Waals surface area contributed by atoms with Crippen LogP contribution >= 0.6 is 27.3 Å². The van der Waals surface area contributed by atoms with Crippen LogP contribution in [0.4, 0.5) is 5.69 Å². The van der Waals surface area contributed by atoms with E-state index < -0.39 is 11.5 Å². The van der Waals surface area contributed by atoms with Gasteiger partial charge in [0.15, 0.2) is 11.4 Å². The van der Waals surface area contributed by atoms with Crippen molar-refractivity contribution in [2.24, 2.45) is 0 Å². The molecule has 1 aromatic heterocycles. The Hall–Kier alpha value is -2.28. The van der Waals surface area contributed by atoms with Crippen LogP contribution in [0.3, 0.4) is 0 Å². The largest absolute Gasteiger partial charge is 0.375 e. The van der Waals surface area contributed by atoms with Gasteiger partial charge in [0.05, 0.1) is 18.7 Å². The number of halogens is 1. The number of rotatable bonds is 5. The zero-order valence-corrected chi connectivity index (χ0v) is 21.9. The number of benzene rings is 2. The Kier molecular flexibility index (Phi) is 6.14. The second kappa shape index (κ2) is 8.49. The Morgan fingerprint density at radius 3 is 2.36 bits per heavy atom. The van der Waals surface area contributed by atoms with E-state index in [-0.39, 0.29) is 17.6 Å². The molecule has 4 rings (SSSR count). The van der Waals surface area contributed by atoms with E-state index in [1.54, 1.807) is 22.3 Å².